The van der Waals surface area contributed by atoms with Crippen LogP contribution in [-0.2, 0) is 0 Å². The van der Waals surface area contributed by atoms with E-state index in [9.17, 15) is 4.79 Å². The van der Waals surface area contributed by atoms with Crippen LogP contribution < -0.4 is 5.32 Å². The second-order valence-electron chi connectivity index (χ2n) is 4.33. The van der Waals surface area contributed by atoms with Crippen molar-refractivity contribution in [3.63, 3.8) is 0 Å². The molecule has 1 atom stereocenters. The molecule has 1 aromatic rings. The highest BCUT2D eigenvalue weighted by Crippen LogP contribution is 2.15. The largest absolute Gasteiger partial charge is 0.469 e. The number of furan rings is 1. The normalized spacial score (nSPS) is 21.1. The molecule has 4 heteroatoms. The summed E-state index contributed by atoms with van der Waals surface area (Å²) in [6.45, 7) is 3.49. The van der Waals surface area contributed by atoms with E-state index in [2.05, 4.69) is 5.32 Å². The van der Waals surface area contributed by atoms with Gasteiger partial charge in [0, 0.05) is 19.1 Å². The van der Waals surface area contributed by atoms with Crippen molar-refractivity contribution in [3.8, 4) is 0 Å². The molecule has 1 saturated heterocycles. The van der Waals surface area contributed by atoms with Crippen molar-refractivity contribution in [2.45, 2.75) is 25.8 Å². The first-order valence-corrected chi connectivity index (χ1v) is 5.72. The third kappa shape index (κ3) is 2.27. The maximum Gasteiger partial charge on any atom is 0.257 e. The summed E-state index contributed by atoms with van der Waals surface area (Å²) in [5.74, 6) is 0.863. The van der Waals surface area contributed by atoms with Gasteiger partial charge < -0.3 is 14.6 Å². The van der Waals surface area contributed by atoms with E-state index in [-0.39, 0.29) is 5.91 Å². The van der Waals surface area contributed by atoms with Gasteiger partial charge in [0.15, 0.2) is 0 Å². The first kappa shape index (κ1) is 11.2. The van der Waals surface area contributed by atoms with Gasteiger partial charge in [-0.1, -0.05) is 0 Å². The summed E-state index contributed by atoms with van der Waals surface area (Å²) in [4.78, 5) is 14.0. The molecule has 1 aliphatic rings. The summed E-state index contributed by atoms with van der Waals surface area (Å²) in [7, 11) is 1.95. The average molecular weight is 222 g/mol. The van der Waals surface area contributed by atoms with Crippen LogP contribution in [0.1, 0.15) is 29.0 Å². The molecular formula is C12H18N2O2. The van der Waals surface area contributed by atoms with E-state index >= 15 is 0 Å². The lowest BCUT2D eigenvalue weighted by Crippen LogP contribution is -2.46. The number of carbonyl (C=O) groups excluding carboxylic acids is 1. The zero-order valence-corrected chi connectivity index (χ0v) is 9.82. The molecule has 0 aliphatic carbocycles. The van der Waals surface area contributed by atoms with Gasteiger partial charge in [0.2, 0.25) is 0 Å². The first-order chi connectivity index (χ1) is 7.70. The molecule has 1 fully saturated rings. The Labute approximate surface area is 95.6 Å². The van der Waals surface area contributed by atoms with Crippen LogP contribution in [0, 0.1) is 6.92 Å². The van der Waals surface area contributed by atoms with Crippen molar-refractivity contribution in [1.82, 2.24) is 10.2 Å². The summed E-state index contributed by atoms with van der Waals surface area (Å²) < 4.78 is 5.17. The monoisotopic (exact) mass is 222 g/mol. The molecule has 88 valence electrons. The second-order valence-corrected chi connectivity index (χ2v) is 4.33. The Balaban J connectivity index is 2.04. The molecule has 1 amide bonds. The Hall–Kier alpha value is -1.29. The Morgan fingerprint density at radius 3 is 3.06 bits per heavy atom. The van der Waals surface area contributed by atoms with Crippen LogP contribution in [0.15, 0.2) is 16.7 Å². The second kappa shape index (κ2) is 4.70. The molecule has 4 nitrogen and oxygen atoms in total. The summed E-state index contributed by atoms with van der Waals surface area (Å²) in [6.07, 6.45) is 3.75. The molecule has 0 radical (unpaired) electrons. The minimum absolute atomic E-state index is 0.0804. The van der Waals surface area contributed by atoms with E-state index in [1.54, 1.807) is 12.3 Å². The van der Waals surface area contributed by atoms with Crippen molar-refractivity contribution in [2.75, 3.05) is 20.1 Å². The van der Waals surface area contributed by atoms with Crippen LogP contribution in [-0.4, -0.2) is 37.0 Å². The van der Waals surface area contributed by atoms with E-state index in [0.717, 1.165) is 31.7 Å². The van der Waals surface area contributed by atoms with E-state index in [1.807, 2.05) is 18.9 Å². The standard InChI is InChI=1S/C12H18N2O2/c1-9-6-10(8-16-9)12(15)14-5-3-4-11(7-14)13-2/h6,8,11,13H,3-5,7H2,1-2H3. The van der Waals surface area contributed by atoms with Gasteiger partial charge in [-0.2, -0.15) is 0 Å². The van der Waals surface area contributed by atoms with Gasteiger partial charge in [0.25, 0.3) is 5.91 Å². The third-order valence-electron chi connectivity index (χ3n) is 3.09. The number of carbonyl (C=O) groups is 1. The lowest BCUT2D eigenvalue weighted by atomic mass is 10.1. The minimum atomic E-state index is 0.0804. The van der Waals surface area contributed by atoms with Crippen molar-refractivity contribution < 1.29 is 9.21 Å². The molecule has 0 spiro atoms. The molecule has 1 aromatic heterocycles. The van der Waals surface area contributed by atoms with Gasteiger partial charge in [-0.25, -0.2) is 0 Å². The van der Waals surface area contributed by atoms with E-state index in [1.165, 1.54) is 0 Å². The molecule has 1 aliphatic heterocycles. The maximum absolute atomic E-state index is 12.1. The highest BCUT2D eigenvalue weighted by Gasteiger charge is 2.24. The summed E-state index contributed by atoms with van der Waals surface area (Å²) in [5.41, 5.74) is 0.661. The number of nitrogens with one attached hydrogen (secondary N) is 1. The first-order valence-electron chi connectivity index (χ1n) is 5.72. The number of amides is 1. The molecule has 2 heterocycles. The summed E-state index contributed by atoms with van der Waals surface area (Å²) >= 11 is 0. The number of hydrogen-bond acceptors (Lipinski definition) is 3. The minimum Gasteiger partial charge on any atom is -0.469 e. The van der Waals surface area contributed by atoms with Gasteiger partial charge in [-0.05, 0) is 32.9 Å². The number of piperidine rings is 1. The lowest BCUT2D eigenvalue weighted by Gasteiger charge is -2.32. The fourth-order valence-electron chi connectivity index (χ4n) is 2.14. The number of likely N-dealkylation sites (N-methyl/N-ethyl adjacent to an activating group) is 1. The lowest BCUT2D eigenvalue weighted by molar-refractivity contribution is 0.0697. The van der Waals surface area contributed by atoms with Gasteiger partial charge in [0.1, 0.15) is 12.0 Å². The number of nitrogens with zero attached hydrogens (tertiary/aromatic N) is 1. The maximum atomic E-state index is 12.1. The Morgan fingerprint density at radius 2 is 2.44 bits per heavy atom. The molecule has 1 N–H and O–H groups in total. The summed E-state index contributed by atoms with van der Waals surface area (Å²) in [5, 5.41) is 3.23. The molecular weight excluding hydrogens is 204 g/mol. The van der Waals surface area contributed by atoms with Crippen molar-refractivity contribution in [2.24, 2.45) is 0 Å². The SMILES string of the molecule is CNC1CCCN(C(=O)c2coc(C)c2)C1. The molecule has 0 saturated carbocycles. The van der Waals surface area contributed by atoms with Gasteiger partial charge >= 0.3 is 0 Å². The van der Waals surface area contributed by atoms with Gasteiger partial charge in [0.05, 0.1) is 5.56 Å². The summed E-state index contributed by atoms with van der Waals surface area (Å²) in [6, 6.07) is 2.22. The Bertz CT molecular complexity index is 373. The van der Waals surface area contributed by atoms with Crippen molar-refractivity contribution >= 4 is 5.91 Å². The molecule has 1 unspecified atom stereocenters. The van der Waals surface area contributed by atoms with E-state index < -0.39 is 0 Å². The smallest absolute Gasteiger partial charge is 0.257 e. The molecule has 16 heavy (non-hydrogen) atoms. The predicted molar refractivity (Wildman–Crippen MR) is 61.4 cm³/mol. The average Bonchev–Trinajstić information content (AvgIpc) is 2.75. The van der Waals surface area contributed by atoms with Crippen LogP contribution in [0.3, 0.4) is 0 Å². The van der Waals surface area contributed by atoms with E-state index in [4.69, 9.17) is 4.42 Å². The molecule has 0 bridgehead atoms. The van der Waals surface area contributed by atoms with Crippen molar-refractivity contribution in [1.29, 1.82) is 0 Å². The van der Waals surface area contributed by atoms with Gasteiger partial charge in [-0.15, -0.1) is 0 Å². The zero-order chi connectivity index (χ0) is 11.5. The Morgan fingerprint density at radius 1 is 1.62 bits per heavy atom. The Kier molecular flexibility index (Phi) is 3.29. The highest BCUT2D eigenvalue weighted by molar-refractivity contribution is 5.94. The topological polar surface area (TPSA) is 45.5 Å². The van der Waals surface area contributed by atoms with Crippen LogP contribution in [0.4, 0.5) is 0 Å². The highest BCUT2D eigenvalue weighted by atomic mass is 16.3. The number of rotatable bonds is 2. The molecule has 2 rings (SSSR count). The quantitative estimate of drug-likeness (QED) is 0.823. The van der Waals surface area contributed by atoms with Crippen LogP contribution in [0.25, 0.3) is 0 Å². The number of aryl methyl sites for hydroxylation is 1. The third-order valence-corrected chi connectivity index (χ3v) is 3.09. The molecule has 0 aromatic carbocycles. The van der Waals surface area contributed by atoms with Gasteiger partial charge in [-0.3, -0.25) is 4.79 Å². The zero-order valence-electron chi connectivity index (χ0n) is 9.82. The fraction of sp³-hybridized carbons (Fsp3) is 0.583. The predicted octanol–water partition coefficient (Wildman–Crippen LogP) is 1.41. The van der Waals surface area contributed by atoms with Crippen LogP contribution in [0.5, 0.6) is 0 Å². The van der Waals surface area contributed by atoms with Crippen LogP contribution in [0.2, 0.25) is 0 Å². The van der Waals surface area contributed by atoms with Crippen molar-refractivity contribution in [3.05, 3.63) is 23.7 Å². The number of likely N-dealkylation sites (tertiary alicyclic amines) is 1. The van der Waals surface area contributed by atoms with Crippen LogP contribution >= 0.6 is 0 Å². The fourth-order valence-corrected chi connectivity index (χ4v) is 2.14. The number of hydrogen-bond donors (Lipinski definition) is 1. The van der Waals surface area contributed by atoms with E-state index in [0.29, 0.717) is 11.6 Å².